The van der Waals surface area contributed by atoms with E-state index < -0.39 is 12.1 Å². The van der Waals surface area contributed by atoms with Crippen molar-refractivity contribution in [3.8, 4) is 17.6 Å². The Bertz CT molecular complexity index is 1550. The largest absolute Gasteiger partial charge is 0.490 e. The highest BCUT2D eigenvalue weighted by Gasteiger charge is 2.23. The number of aromatic amines is 1. The fraction of sp³-hybridized carbons (Fsp3) is 0.250. The number of hydrogen-bond donors (Lipinski definition) is 5. The number of hydrogen-bond acceptors (Lipinski definition) is 4. The van der Waals surface area contributed by atoms with Crippen LogP contribution in [0, 0.1) is 18.8 Å². The van der Waals surface area contributed by atoms with Crippen molar-refractivity contribution in [2.45, 2.75) is 45.9 Å². The zero-order valence-corrected chi connectivity index (χ0v) is 23.0. The molecule has 3 aromatic carbocycles. The van der Waals surface area contributed by atoms with Crippen molar-refractivity contribution in [3.05, 3.63) is 95.2 Å². The number of aliphatic hydroxyl groups is 1. The third kappa shape index (κ3) is 7.22. The van der Waals surface area contributed by atoms with Crippen LogP contribution in [0.2, 0.25) is 0 Å². The lowest BCUT2D eigenvalue weighted by Crippen LogP contribution is -2.38. The molecule has 0 bridgehead atoms. The second-order valence-electron chi connectivity index (χ2n) is 9.85. The van der Waals surface area contributed by atoms with Crippen molar-refractivity contribution >= 4 is 28.5 Å². The maximum atomic E-state index is 13.3. The van der Waals surface area contributed by atoms with Gasteiger partial charge in [-0.05, 0) is 62.7 Å². The van der Waals surface area contributed by atoms with Gasteiger partial charge in [0, 0.05) is 34.3 Å². The lowest BCUT2D eigenvalue weighted by molar-refractivity contribution is 0.0723. The van der Waals surface area contributed by atoms with E-state index in [4.69, 9.17) is 4.74 Å². The Labute approximate surface area is 234 Å². The van der Waals surface area contributed by atoms with E-state index in [1.165, 1.54) is 0 Å². The third-order valence-electron chi connectivity index (χ3n) is 6.33. The lowest BCUT2D eigenvalue weighted by atomic mass is 9.98. The van der Waals surface area contributed by atoms with Crippen molar-refractivity contribution in [2.75, 3.05) is 11.9 Å². The topological polar surface area (TPSA) is 115 Å². The number of urea groups is 1. The van der Waals surface area contributed by atoms with Gasteiger partial charge in [0.2, 0.25) is 0 Å². The number of benzene rings is 3. The van der Waals surface area contributed by atoms with Crippen molar-refractivity contribution in [1.29, 1.82) is 0 Å². The maximum absolute atomic E-state index is 13.3. The second kappa shape index (κ2) is 12.9. The van der Waals surface area contributed by atoms with Crippen LogP contribution in [0.25, 0.3) is 10.9 Å². The van der Waals surface area contributed by atoms with Gasteiger partial charge in [0.1, 0.15) is 12.0 Å². The molecule has 0 aliphatic rings. The third-order valence-corrected chi connectivity index (χ3v) is 6.33. The van der Waals surface area contributed by atoms with Gasteiger partial charge in [-0.3, -0.25) is 4.79 Å². The van der Waals surface area contributed by atoms with E-state index in [0.717, 1.165) is 22.0 Å². The van der Waals surface area contributed by atoms with Crippen LogP contribution in [0.1, 0.15) is 53.7 Å². The molecule has 4 aromatic rings. The normalized spacial score (nSPS) is 12.2. The molecule has 5 N–H and O–H groups in total. The molecule has 8 heteroatoms. The monoisotopic (exact) mass is 538 g/mol. The molecular formula is C32H34N4O4. The summed E-state index contributed by atoms with van der Waals surface area (Å²) in [6.07, 6.45) is 0.558. The maximum Gasteiger partial charge on any atom is 0.319 e. The van der Waals surface area contributed by atoms with E-state index in [1.54, 1.807) is 18.2 Å². The first-order chi connectivity index (χ1) is 19.2. The van der Waals surface area contributed by atoms with Crippen LogP contribution < -0.4 is 20.7 Å². The van der Waals surface area contributed by atoms with Crippen molar-refractivity contribution < 1.29 is 19.4 Å². The Kier molecular flexibility index (Phi) is 9.10. The predicted octanol–water partition coefficient (Wildman–Crippen LogP) is 5.29. The molecular weight excluding hydrogens is 504 g/mol. The van der Waals surface area contributed by atoms with Gasteiger partial charge in [-0.1, -0.05) is 54.7 Å². The fourth-order valence-corrected chi connectivity index (χ4v) is 4.20. The van der Waals surface area contributed by atoms with Crippen LogP contribution in [0.15, 0.2) is 72.9 Å². The van der Waals surface area contributed by atoms with Crippen LogP contribution >= 0.6 is 0 Å². The fourth-order valence-electron chi connectivity index (χ4n) is 4.20. The summed E-state index contributed by atoms with van der Waals surface area (Å²) >= 11 is 0. The number of fused-ring (bicyclic) bond motifs is 1. The number of H-pyrrole nitrogens is 1. The van der Waals surface area contributed by atoms with Crippen LogP contribution in [0.4, 0.5) is 10.5 Å². The molecule has 8 nitrogen and oxygen atoms in total. The predicted molar refractivity (Wildman–Crippen MR) is 157 cm³/mol. The number of anilines is 1. The Balaban J connectivity index is 1.43. The molecule has 1 heterocycles. The number of ether oxygens (including phenoxy) is 1. The van der Waals surface area contributed by atoms with Gasteiger partial charge >= 0.3 is 6.03 Å². The molecule has 3 amide bonds. The molecule has 1 aromatic heterocycles. The van der Waals surface area contributed by atoms with Crippen molar-refractivity contribution in [1.82, 2.24) is 15.6 Å². The average Bonchev–Trinajstić information content (AvgIpc) is 3.36. The first kappa shape index (κ1) is 28.3. The quantitative estimate of drug-likeness (QED) is 0.155. The minimum atomic E-state index is -1.13. The van der Waals surface area contributed by atoms with Gasteiger partial charge in [0.15, 0.2) is 0 Å². The summed E-state index contributed by atoms with van der Waals surface area (Å²) in [4.78, 5) is 28.6. The highest BCUT2D eigenvalue weighted by Crippen LogP contribution is 2.28. The molecule has 0 radical (unpaired) electrons. The molecule has 206 valence electrons. The van der Waals surface area contributed by atoms with Gasteiger partial charge in [0.05, 0.1) is 18.2 Å². The molecule has 0 aliphatic carbocycles. The summed E-state index contributed by atoms with van der Waals surface area (Å²) in [5.74, 6) is 5.42. The summed E-state index contributed by atoms with van der Waals surface area (Å²) in [5, 5.41) is 20.0. The van der Waals surface area contributed by atoms with Gasteiger partial charge in [0.25, 0.3) is 5.91 Å². The molecule has 2 atom stereocenters. The lowest BCUT2D eigenvalue weighted by Gasteiger charge is -2.21. The highest BCUT2D eigenvalue weighted by atomic mass is 16.5. The number of para-hydroxylation sites is 1. The number of aliphatic hydroxyl groups excluding tert-OH is 1. The number of nitrogens with one attached hydrogen (secondary N) is 4. The van der Waals surface area contributed by atoms with Gasteiger partial charge in [-0.15, -0.1) is 0 Å². The zero-order chi connectivity index (χ0) is 28.6. The van der Waals surface area contributed by atoms with Crippen LogP contribution in [0.5, 0.6) is 5.75 Å². The Hall–Kier alpha value is -4.74. The molecule has 0 aliphatic heterocycles. The zero-order valence-electron chi connectivity index (χ0n) is 23.0. The van der Waals surface area contributed by atoms with E-state index in [0.29, 0.717) is 17.0 Å². The van der Waals surface area contributed by atoms with Gasteiger partial charge in [-0.2, -0.15) is 0 Å². The number of carbonyl (C=O) groups is 2. The Morgan fingerprint density at radius 1 is 1.02 bits per heavy atom. The molecule has 0 spiro atoms. The molecule has 40 heavy (non-hydrogen) atoms. The first-order valence-corrected chi connectivity index (χ1v) is 13.2. The number of carbonyl (C=O) groups excluding carboxylic acids is 2. The average molecular weight is 539 g/mol. The molecule has 4 rings (SSSR count). The van der Waals surface area contributed by atoms with Gasteiger partial charge < -0.3 is 30.8 Å². The standard InChI is InChI=1S/C32H34N4O4/c1-20(2)40-29-16-13-23(8-7-17-33-32(39)35-24-14-11-21(3)12-15-24)18-26(29)31(38)36-30(37)22(4)27-19-34-28-10-6-5-9-25(27)28/h5-6,9-16,18-20,22,30,34,37H,17H2,1-4H3,(H,36,38)(H2,33,35,39)/t22?,30-/m1/s1. The molecule has 1 unspecified atom stereocenters. The molecule has 0 saturated carbocycles. The summed E-state index contributed by atoms with van der Waals surface area (Å²) in [5.41, 5.74) is 4.49. The second-order valence-corrected chi connectivity index (χ2v) is 9.85. The van der Waals surface area contributed by atoms with E-state index >= 15 is 0 Å². The first-order valence-electron chi connectivity index (χ1n) is 13.2. The van der Waals surface area contributed by atoms with Crippen molar-refractivity contribution in [3.63, 3.8) is 0 Å². The van der Waals surface area contributed by atoms with Gasteiger partial charge in [-0.25, -0.2) is 4.79 Å². The summed E-state index contributed by atoms with van der Waals surface area (Å²) in [6.45, 7) is 7.69. The van der Waals surface area contributed by atoms with Crippen LogP contribution in [0.3, 0.4) is 0 Å². The minimum Gasteiger partial charge on any atom is -0.490 e. The smallest absolute Gasteiger partial charge is 0.319 e. The van der Waals surface area contributed by atoms with E-state index in [2.05, 4.69) is 32.8 Å². The number of aromatic nitrogens is 1. The summed E-state index contributed by atoms with van der Waals surface area (Å²) in [6, 6.07) is 20.0. The van der Waals surface area contributed by atoms with E-state index in [1.807, 2.05) is 82.4 Å². The van der Waals surface area contributed by atoms with E-state index in [-0.39, 0.29) is 30.2 Å². The minimum absolute atomic E-state index is 0.115. The summed E-state index contributed by atoms with van der Waals surface area (Å²) < 4.78 is 5.85. The SMILES string of the molecule is Cc1ccc(NC(=O)NCC#Cc2ccc(OC(C)C)c(C(=O)N[C@H](O)C(C)c3c[nH]c4ccccc34)c2)cc1. The summed E-state index contributed by atoms with van der Waals surface area (Å²) in [7, 11) is 0. The molecule has 0 fully saturated rings. The van der Waals surface area contributed by atoms with Crippen LogP contribution in [-0.4, -0.2) is 40.9 Å². The van der Waals surface area contributed by atoms with Crippen molar-refractivity contribution in [2.24, 2.45) is 0 Å². The Morgan fingerprint density at radius 2 is 1.77 bits per heavy atom. The highest BCUT2D eigenvalue weighted by molar-refractivity contribution is 5.97. The van der Waals surface area contributed by atoms with E-state index in [9.17, 15) is 14.7 Å². The van der Waals surface area contributed by atoms with Crippen LogP contribution in [-0.2, 0) is 0 Å². The number of aryl methyl sites for hydroxylation is 1. The Morgan fingerprint density at radius 3 is 2.52 bits per heavy atom. The number of amides is 3. The molecule has 0 saturated heterocycles. The number of rotatable bonds is 8.